The smallest absolute Gasteiger partial charge is 0.243 e. The number of aryl methyl sites for hydroxylation is 1. The van der Waals surface area contributed by atoms with Crippen molar-refractivity contribution in [2.75, 3.05) is 13.9 Å². The first-order valence-electron chi connectivity index (χ1n) is 12.8. The number of nitrogens with zero attached hydrogens (tertiary/aromatic N) is 1. The lowest BCUT2D eigenvalue weighted by Gasteiger charge is -2.37. The van der Waals surface area contributed by atoms with Crippen molar-refractivity contribution in [2.45, 2.75) is 37.4 Å². The standard InChI is InChI=1S/C31H29NO6S/c1-21-8-12-25(13-9-21)39(33,34)32-18-26-23(16-27(32)24-11-14-28-30(17-24)38-20-37-28)10-15-29(35-2)31(26)36-19-22-6-4-3-5-7-22/h3-15,17,27H,16,18-20H2,1-2H3. The Labute approximate surface area is 228 Å². The van der Waals surface area contributed by atoms with Gasteiger partial charge in [-0.1, -0.05) is 60.2 Å². The molecule has 0 spiro atoms. The molecule has 1 unspecified atom stereocenters. The molecule has 0 saturated carbocycles. The van der Waals surface area contributed by atoms with Gasteiger partial charge in [-0.25, -0.2) is 8.42 Å². The molecule has 0 amide bonds. The highest BCUT2D eigenvalue weighted by Crippen LogP contribution is 2.45. The fraction of sp³-hybridized carbons (Fsp3) is 0.226. The topological polar surface area (TPSA) is 74.3 Å². The first-order valence-corrected chi connectivity index (χ1v) is 14.2. The zero-order valence-corrected chi connectivity index (χ0v) is 22.6. The second-order valence-electron chi connectivity index (χ2n) is 9.70. The number of fused-ring (bicyclic) bond motifs is 2. The van der Waals surface area contributed by atoms with Gasteiger partial charge in [-0.05, 0) is 60.4 Å². The minimum absolute atomic E-state index is 0.131. The maximum absolute atomic E-state index is 14.2. The zero-order chi connectivity index (χ0) is 27.0. The minimum Gasteiger partial charge on any atom is -0.493 e. The van der Waals surface area contributed by atoms with Gasteiger partial charge in [0.05, 0.1) is 18.0 Å². The predicted octanol–water partition coefficient (Wildman–Crippen LogP) is 5.80. The van der Waals surface area contributed by atoms with Crippen LogP contribution in [0.5, 0.6) is 23.0 Å². The molecule has 39 heavy (non-hydrogen) atoms. The van der Waals surface area contributed by atoms with E-state index in [0.717, 1.165) is 27.8 Å². The van der Waals surface area contributed by atoms with Crippen LogP contribution >= 0.6 is 0 Å². The molecule has 0 radical (unpaired) electrons. The summed E-state index contributed by atoms with van der Waals surface area (Å²) < 4.78 is 53.0. The first-order chi connectivity index (χ1) is 18.9. The Morgan fingerprint density at radius 3 is 2.46 bits per heavy atom. The molecule has 7 nitrogen and oxygen atoms in total. The lowest BCUT2D eigenvalue weighted by molar-refractivity contribution is 0.174. The van der Waals surface area contributed by atoms with Gasteiger partial charge in [0.15, 0.2) is 23.0 Å². The van der Waals surface area contributed by atoms with Crippen LogP contribution in [-0.4, -0.2) is 26.6 Å². The summed E-state index contributed by atoms with van der Waals surface area (Å²) in [5, 5.41) is 0. The molecule has 4 aromatic rings. The van der Waals surface area contributed by atoms with Crippen LogP contribution in [-0.2, 0) is 29.6 Å². The van der Waals surface area contributed by atoms with Crippen molar-refractivity contribution in [2.24, 2.45) is 0 Å². The number of hydrogen-bond acceptors (Lipinski definition) is 6. The third-order valence-electron chi connectivity index (χ3n) is 7.25. The fourth-order valence-electron chi connectivity index (χ4n) is 5.14. The Balaban J connectivity index is 1.44. The molecule has 0 aliphatic carbocycles. The van der Waals surface area contributed by atoms with Crippen molar-refractivity contribution in [3.63, 3.8) is 0 Å². The fourth-order valence-corrected chi connectivity index (χ4v) is 6.72. The van der Waals surface area contributed by atoms with Gasteiger partial charge in [-0.3, -0.25) is 0 Å². The quantitative estimate of drug-likeness (QED) is 0.293. The van der Waals surface area contributed by atoms with Crippen LogP contribution in [0, 0.1) is 6.92 Å². The van der Waals surface area contributed by atoms with Crippen molar-refractivity contribution < 1.29 is 27.4 Å². The molecule has 8 heteroatoms. The molecule has 0 N–H and O–H groups in total. The maximum atomic E-state index is 14.2. The van der Waals surface area contributed by atoms with Crippen molar-refractivity contribution >= 4 is 10.0 Å². The SMILES string of the molecule is COc1ccc2c(c1OCc1ccccc1)CN(S(=O)(=O)c1ccc(C)cc1)C(c1ccc3c(c1)OCO3)C2. The lowest BCUT2D eigenvalue weighted by Crippen LogP contribution is -2.39. The Morgan fingerprint density at radius 1 is 0.923 bits per heavy atom. The normalized spacial score (nSPS) is 16.5. The highest BCUT2D eigenvalue weighted by Gasteiger charge is 2.39. The maximum Gasteiger partial charge on any atom is 0.243 e. The van der Waals surface area contributed by atoms with E-state index in [0.29, 0.717) is 36.0 Å². The van der Waals surface area contributed by atoms with E-state index in [2.05, 4.69) is 0 Å². The summed E-state index contributed by atoms with van der Waals surface area (Å²) in [7, 11) is -2.28. The predicted molar refractivity (Wildman–Crippen MR) is 147 cm³/mol. The summed E-state index contributed by atoms with van der Waals surface area (Å²) >= 11 is 0. The second kappa shape index (κ2) is 10.3. The minimum atomic E-state index is -3.87. The summed E-state index contributed by atoms with van der Waals surface area (Å²) in [5.41, 5.74) is 4.65. The molecule has 0 fully saturated rings. The average molecular weight is 544 g/mol. The highest BCUT2D eigenvalue weighted by atomic mass is 32.2. The molecule has 4 aromatic carbocycles. The van der Waals surface area contributed by atoms with Crippen molar-refractivity contribution in [1.29, 1.82) is 0 Å². The summed E-state index contributed by atoms with van der Waals surface area (Å²) in [6, 6.07) is 25.9. The molecular formula is C31H29NO6S. The number of methoxy groups -OCH3 is 1. The van der Waals surface area contributed by atoms with Crippen LogP contribution < -0.4 is 18.9 Å². The largest absolute Gasteiger partial charge is 0.493 e. The van der Waals surface area contributed by atoms with Crippen LogP contribution in [0.3, 0.4) is 0 Å². The number of benzene rings is 4. The van der Waals surface area contributed by atoms with E-state index in [1.54, 1.807) is 23.5 Å². The van der Waals surface area contributed by atoms with Gasteiger partial charge < -0.3 is 18.9 Å². The molecule has 0 bridgehead atoms. The van der Waals surface area contributed by atoms with Crippen molar-refractivity contribution in [1.82, 2.24) is 4.31 Å². The molecule has 2 aliphatic heterocycles. The molecule has 2 heterocycles. The van der Waals surface area contributed by atoms with Crippen molar-refractivity contribution in [3.05, 3.63) is 113 Å². The molecular weight excluding hydrogens is 514 g/mol. The summed E-state index contributed by atoms with van der Waals surface area (Å²) in [5.74, 6) is 2.41. The van der Waals surface area contributed by atoms with E-state index in [9.17, 15) is 8.42 Å². The number of rotatable bonds is 7. The van der Waals surface area contributed by atoms with Gasteiger partial charge in [0.2, 0.25) is 16.8 Å². The van der Waals surface area contributed by atoms with Gasteiger partial charge in [0.1, 0.15) is 6.61 Å². The van der Waals surface area contributed by atoms with E-state index in [1.165, 1.54) is 0 Å². The second-order valence-corrected chi connectivity index (χ2v) is 11.6. The molecule has 0 aromatic heterocycles. The van der Waals surface area contributed by atoms with Crippen LogP contribution in [0.4, 0.5) is 0 Å². The van der Waals surface area contributed by atoms with Crippen LogP contribution in [0.25, 0.3) is 0 Å². The van der Waals surface area contributed by atoms with Crippen LogP contribution in [0.1, 0.15) is 33.9 Å². The average Bonchev–Trinajstić information content (AvgIpc) is 3.44. The third-order valence-corrected chi connectivity index (χ3v) is 9.12. The van der Waals surface area contributed by atoms with E-state index >= 15 is 0 Å². The Kier molecular flexibility index (Phi) is 6.66. The highest BCUT2D eigenvalue weighted by molar-refractivity contribution is 7.89. The Morgan fingerprint density at radius 2 is 1.69 bits per heavy atom. The van der Waals surface area contributed by atoms with Gasteiger partial charge >= 0.3 is 0 Å². The lowest BCUT2D eigenvalue weighted by atomic mass is 9.90. The van der Waals surface area contributed by atoms with Crippen molar-refractivity contribution in [3.8, 4) is 23.0 Å². The van der Waals surface area contributed by atoms with Gasteiger partial charge in [0, 0.05) is 12.1 Å². The molecule has 2 aliphatic rings. The molecule has 6 rings (SSSR count). The summed E-state index contributed by atoms with van der Waals surface area (Å²) in [6.07, 6.45) is 0.464. The van der Waals surface area contributed by atoms with Gasteiger partial charge in [-0.15, -0.1) is 0 Å². The van der Waals surface area contributed by atoms with Crippen LogP contribution in [0.2, 0.25) is 0 Å². The molecule has 1 atom stereocenters. The zero-order valence-electron chi connectivity index (χ0n) is 21.8. The van der Waals surface area contributed by atoms with E-state index in [-0.39, 0.29) is 18.2 Å². The molecule has 0 saturated heterocycles. The summed E-state index contributed by atoms with van der Waals surface area (Å²) in [6.45, 7) is 2.56. The Bertz CT molecular complexity index is 1600. The molecule has 200 valence electrons. The van der Waals surface area contributed by atoms with Crippen LogP contribution in [0.15, 0.2) is 89.8 Å². The third kappa shape index (κ3) is 4.82. The summed E-state index contributed by atoms with van der Waals surface area (Å²) in [4.78, 5) is 0.247. The number of ether oxygens (including phenoxy) is 4. The van der Waals surface area contributed by atoms with E-state index < -0.39 is 16.1 Å². The first kappa shape index (κ1) is 25.3. The van der Waals surface area contributed by atoms with Gasteiger partial charge in [-0.2, -0.15) is 4.31 Å². The monoisotopic (exact) mass is 543 g/mol. The van der Waals surface area contributed by atoms with E-state index in [1.807, 2.05) is 79.7 Å². The number of hydrogen-bond donors (Lipinski definition) is 0. The van der Waals surface area contributed by atoms with E-state index in [4.69, 9.17) is 18.9 Å². The Hall–Kier alpha value is -4.01. The van der Waals surface area contributed by atoms with Gasteiger partial charge in [0.25, 0.3) is 0 Å². The number of sulfonamides is 1.